The van der Waals surface area contributed by atoms with Crippen molar-refractivity contribution in [3.8, 4) is 0 Å². The highest BCUT2D eigenvalue weighted by molar-refractivity contribution is 5.54. The highest BCUT2D eigenvalue weighted by Gasteiger charge is 2.12. The van der Waals surface area contributed by atoms with Crippen molar-refractivity contribution in [3.05, 3.63) is 29.8 Å². The molecule has 0 bridgehead atoms. The SMILES string of the molecule is CCN(CC)CCCN(CC)c1ccccc1[C@@H](C)O. The highest BCUT2D eigenvalue weighted by atomic mass is 16.3. The Morgan fingerprint density at radius 1 is 1.00 bits per heavy atom. The van der Waals surface area contributed by atoms with Gasteiger partial charge in [0.25, 0.3) is 0 Å². The predicted octanol–water partition coefficient (Wildman–Crippen LogP) is 3.30. The van der Waals surface area contributed by atoms with Crippen molar-refractivity contribution in [2.45, 2.75) is 40.2 Å². The zero-order valence-electron chi connectivity index (χ0n) is 13.5. The predicted molar refractivity (Wildman–Crippen MR) is 87.4 cm³/mol. The van der Waals surface area contributed by atoms with E-state index in [0.717, 1.165) is 44.7 Å². The minimum absolute atomic E-state index is 0.414. The van der Waals surface area contributed by atoms with E-state index in [1.807, 2.05) is 25.1 Å². The summed E-state index contributed by atoms with van der Waals surface area (Å²) in [5, 5.41) is 9.90. The lowest BCUT2D eigenvalue weighted by Gasteiger charge is -2.28. The maximum absolute atomic E-state index is 9.90. The lowest BCUT2D eigenvalue weighted by molar-refractivity contribution is 0.199. The van der Waals surface area contributed by atoms with E-state index in [1.54, 1.807) is 0 Å². The Morgan fingerprint density at radius 3 is 2.20 bits per heavy atom. The van der Waals surface area contributed by atoms with Crippen LogP contribution in [0.25, 0.3) is 0 Å². The fourth-order valence-corrected chi connectivity index (χ4v) is 2.60. The van der Waals surface area contributed by atoms with Crippen LogP contribution in [0.4, 0.5) is 5.69 Å². The summed E-state index contributed by atoms with van der Waals surface area (Å²) in [6.45, 7) is 13.8. The molecule has 0 radical (unpaired) electrons. The van der Waals surface area contributed by atoms with Crippen molar-refractivity contribution in [2.24, 2.45) is 0 Å². The first-order valence-corrected chi connectivity index (χ1v) is 7.88. The van der Waals surface area contributed by atoms with Crippen LogP contribution in [-0.2, 0) is 0 Å². The number of hydrogen-bond acceptors (Lipinski definition) is 3. The summed E-state index contributed by atoms with van der Waals surface area (Å²) in [5.41, 5.74) is 2.20. The molecule has 0 spiro atoms. The number of para-hydroxylation sites is 1. The van der Waals surface area contributed by atoms with Crippen molar-refractivity contribution in [3.63, 3.8) is 0 Å². The molecule has 0 aromatic heterocycles. The summed E-state index contributed by atoms with van der Waals surface area (Å²) in [6, 6.07) is 8.18. The Morgan fingerprint density at radius 2 is 1.65 bits per heavy atom. The van der Waals surface area contributed by atoms with Crippen LogP contribution in [0, 0.1) is 0 Å². The van der Waals surface area contributed by atoms with Gasteiger partial charge in [0, 0.05) is 24.3 Å². The zero-order valence-corrected chi connectivity index (χ0v) is 13.5. The third kappa shape index (κ3) is 4.80. The number of rotatable bonds is 9. The number of hydrogen-bond donors (Lipinski definition) is 1. The Kier molecular flexibility index (Phi) is 7.63. The molecule has 1 atom stereocenters. The quantitative estimate of drug-likeness (QED) is 0.751. The molecule has 1 rings (SSSR count). The fourth-order valence-electron chi connectivity index (χ4n) is 2.60. The standard InChI is InChI=1S/C17H30N2O/c1-5-18(6-2)13-10-14-19(7-3)17-12-9-8-11-16(17)15(4)20/h8-9,11-12,15,20H,5-7,10,13-14H2,1-4H3/t15-/m1/s1. The summed E-state index contributed by atoms with van der Waals surface area (Å²) < 4.78 is 0. The van der Waals surface area contributed by atoms with Gasteiger partial charge in [-0.1, -0.05) is 32.0 Å². The first-order chi connectivity index (χ1) is 9.63. The van der Waals surface area contributed by atoms with Gasteiger partial charge in [0.2, 0.25) is 0 Å². The Balaban J connectivity index is 2.67. The molecule has 0 aliphatic rings. The van der Waals surface area contributed by atoms with E-state index in [1.165, 1.54) is 5.69 Å². The van der Waals surface area contributed by atoms with E-state index in [2.05, 4.69) is 36.6 Å². The molecule has 0 saturated heterocycles. The van der Waals surface area contributed by atoms with Crippen LogP contribution in [0.5, 0.6) is 0 Å². The van der Waals surface area contributed by atoms with Gasteiger partial charge >= 0.3 is 0 Å². The normalized spacial score (nSPS) is 12.7. The number of nitrogens with zero attached hydrogens (tertiary/aromatic N) is 2. The fraction of sp³-hybridized carbons (Fsp3) is 0.647. The molecule has 3 heteroatoms. The average Bonchev–Trinajstić information content (AvgIpc) is 2.47. The molecule has 0 aliphatic heterocycles. The van der Waals surface area contributed by atoms with E-state index in [4.69, 9.17) is 0 Å². The largest absolute Gasteiger partial charge is 0.389 e. The molecule has 0 unspecified atom stereocenters. The number of benzene rings is 1. The smallest absolute Gasteiger partial charge is 0.0781 e. The monoisotopic (exact) mass is 278 g/mol. The van der Waals surface area contributed by atoms with Crippen molar-refractivity contribution in [1.29, 1.82) is 0 Å². The summed E-state index contributed by atoms with van der Waals surface area (Å²) in [6.07, 6.45) is 0.743. The van der Waals surface area contributed by atoms with Crippen LogP contribution in [0.15, 0.2) is 24.3 Å². The van der Waals surface area contributed by atoms with Gasteiger partial charge in [-0.3, -0.25) is 0 Å². The summed E-state index contributed by atoms with van der Waals surface area (Å²) in [7, 11) is 0. The van der Waals surface area contributed by atoms with Gasteiger partial charge in [-0.25, -0.2) is 0 Å². The molecule has 0 amide bonds. The van der Waals surface area contributed by atoms with E-state index < -0.39 is 6.10 Å². The number of aliphatic hydroxyl groups excluding tert-OH is 1. The highest BCUT2D eigenvalue weighted by Crippen LogP contribution is 2.26. The van der Waals surface area contributed by atoms with Gasteiger partial charge in [-0.05, 0) is 46.0 Å². The Hall–Kier alpha value is -1.06. The van der Waals surface area contributed by atoms with Crippen LogP contribution in [0.2, 0.25) is 0 Å². The van der Waals surface area contributed by atoms with Gasteiger partial charge in [0.1, 0.15) is 0 Å². The van der Waals surface area contributed by atoms with E-state index in [0.29, 0.717) is 0 Å². The van der Waals surface area contributed by atoms with Gasteiger partial charge in [-0.15, -0.1) is 0 Å². The maximum atomic E-state index is 9.90. The molecule has 0 saturated carbocycles. The van der Waals surface area contributed by atoms with Crippen LogP contribution >= 0.6 is 0 Å². The minimum atomic E-state index is -0.414. The lowest BCUT2D eigenvalue weighted by Crippen LogP contribution is -2.30. The lowest BCUT2D eigenvalue weighted by atomic mass is 10.1. The molecular formula is C17H30N2O. The van der Waals surface area contributed by atoms with Crippen LogP contribution < -0.4 is 4.90 Å². The minimum Gasteiger partial charge on any atom is -0.389 e. The summed E-state index contributed by atoms with van der Waals surface area (Å²) in [4.78, 5) is 4.82. The van der Waals surface area contributed by atoms with Crippen LogP contribution in [0.3, 0.4) is 0 Å². The Bertz CT molecular complexity index is 375. The topological polar surface area (TPSA) is 26.7 Å². The van der Waals surface area contributed by atoms with Gasteiger partial charge in [-0.2, -0.15) is 0 Å². The second-order valence-electron chi connectivity index (χ2n) is 5.19. The molecular weight excluding hydrogens is 248 g/mol. The molecule has 1 N–H and O–H groups in total. The van der Waals surface area contributed by atoms with E-state index in [-0.39, 0.29) is 0 Å². The molecule has 0 aliphatic carbocycles. The number of anilines is 1. The molecule has 1 aromatic rings. The molecule has 0 fully saturated rings. The molecule has 114 valence electrons. The third-order valence-electron chi connectivity index (χ3n) is 3.91. The first-order valence-electron chi connectivity index (χ1n) is 7.88. The van der Waals surface area contributed by atoms with Gasteiger partial charge in [0.05, 0.1) is 6.10 Å². The molecule has 1 aromatic carbocycles. The van der Waals surface area contributed by atoms with Crippen molar-refractivity contribution in [1.82, 2.24) is 4.90 Å². The Labute approximate surface area is 124 Å². The van der Waals surface area contributed by atoms with Crippen LogP contribution in [-0.4, -0.2) is 42.7 Å². The zero-order chi connectivity index (χ0) is 15.0. The van der Waals surface area contributed by atoms with Crippen molar-refractivity contribution >= 4 is 5.69 Å². The van der Waals surface area contributed by atoms with E-state index >= 15 is 0 Å². The van der Waals surface area contributed by atoms with Crippen LogP contribution in [0.1, 0.15) is 45.8 Å². The number of aliphatic hydroxyl groups is 1. The molecule has 20 heavy (non-hydrogen) atoms. The van der Waals surface area contributed by atoms with Crippen molar-refractivity contribution < 1.29 is 5.11 Å². The maximum Gasteiger partial charge on any atom is 0.0781 e. The third-order valence-corrected chi connectivity index (χ3v) is 3.91. The van der Waals surface area contributed by atoms with E-state index in [9.17, 15) is 5.11 Å². The molecule has 3 nitrogen and oxygen atoms in total. The van der Waals surface area contributed by atoms with Crippen molar-refractivity contribution in [2.75, 3.05) is 37.6 Å². The second kappa shape index (κ2) is 8.98. The van der Waals surface area contributed by atoms with Gasteiger partial charge < -0.3 is 14.9 Å². The second-order valence-corrected chi connectivity index (χ2v) is 5.19. The molecule has 0 heterocycles. The summed E-state index contributed by atoms with van der Waals surface area (Å²) >= 11 is 0. The summed E-state index contributed by atoms with van der Waals surface area (Å²) in [5.74, 6) is 0. The van der Waals surface area contributed by atoms with Gasteiger partial charge in [0.15, 0.2) is 0 Å². The first kappa shape index (κ1) is 17.0. The average molecular weight is 278 g/mol.